The second kappa shape index (κ2) is 4.48. The molecule has 0 spiro atoms. The van der Waals surface area contributed by atoms with Crippen LogP contribution < -0.4 is 4.74 Å². The highest BCUT2D eigenvalue weighted by Crippen LogP contribution is 2.31. The van der Waals surface area contributed by atoms with Crippen LogP contribution in [0.2, 0.25) is 0 Å². The molecule has 0 saturated heterocycles. The summed E-state index contributed by atoms with van der Waals surface area (Å²) < 4.78 is 29.5. The summed E-state index contributed by atoms with van der Waals surface area (Å²) in [5, 5.41) is 19.0. The summed E-state index contributed by atoms with van der Waals surface area (Å²) >= 11 is 0. The van der Waals surface area contributed by atoms with Crippen molar-refractivity contribution < 1.29 is 18.4 Å². The van der Waals surface area contributed by atoms with E-state index in [4.69, 9.17) is 5.26 Å². The Morgan fingerprint density at radius 1 is 1.69 bits per heavy atom. The Hall–Kier alpha value is -2.30. The summed E-state index contributed by atoms with van der Waals surface area (Å²) in [5.41, 5.74) is -2.04. The number of nitrogens with zero attached hydrogens (tertiary/aromatic N) is 3. The maximum absolute atomic E-state index is 12.5. The molecule has 1 aromatic rings. The number of alkyl halides is 2. The van der Waals surface area contributed by atoms with E-state index in [1.165, 1.54) is 6.07 Å². The van der Waals surface area contributed by atoms with Crippen molar-refractivity contribution in [3.8, 4) is 11.9 Å². The predicted octanol–water partition coefficient (Wildman–Crippen LogP) is 1.81. The fraction of sp³-hybridized carbons (Fsp3) is 0.250. The fourth-order valence-electron chi connectivity index (χ4n) is 1.04. The summed E-state index contributed by atoms with van der Waals surface area (Å²) in [7, 11) is 1.08. The number of nitriles is 1. The Morgan fingerprint density at radius 2 is 2.31 bits per heavy atom. The van der Waals surface area contributed by atoms with Crippen molar-refractivity contribution >= 4 is 5.69 Å². The van der Waals surface area contributed by atoms with Crippen LogP contribution in [0.25, 0.3) is 0 Å². The molecule has 84 valence electrons. The van der Waals surface area contributed by atoms with Crippen molar-refractivity contribution in [2.24, 2.45) is 0 Å². The highest BCUT2D eigenvalue weighted by Gasteiger charge is 2.24. The number of methoxy groups -OCH3 is 1. The molecule has 16 heavy (non-hydrogen) atoms. The maximum atomic E-state index is 12.5. The van der Waals surface area contributed by atoms with Gasteiger partial charge in [-0.05, 0) is 0 Å². The zero-order chi connectivity index (χ0) is 12.3. The van der Waals surface area contributed by atoms with Crippen molar-refractivity contribution in [3.05, 3.63) is 27.4 Å². The van der Waals surface area contributed by atoms with Crippen LogP contribution in [-0.2, 0) is 0 Å². The number of hydrogen-bond acceptors (Lipinski definition) is 5. The van der Waals surface area contributed by atoms with E-state index in [1.807, 2.05) is 0 Å². The minimum absolute atomic E-state index is 0.489. The average molecular weight is 229 g/mol. The topological polar surface area (TPSA) is 89.0 Å². The van der Waals surface area contributed by atoms with E-state index >= 15 is 0 Å². The highest BCUT2D eigenvalue weighted by atomic mass is 19.3. The zero-order valence-electron chi connectivity index (χ0n) is 7.98. The Balaban J connectivity index is 3.48. The summed E-state index contributed by atoms with van der Waals surface area (Å²) in [6.07, 6.45) is -2.96. The summed E-state index contributed by atoms with van der Waals surface area (Å²) in [6.45, 7) is 0. The van der Waals surface area contributed by atoms with Crippen molar-refractivity contribution in [3.63, 3.8) is 0 Å². The van der Waals surface area contributed by atoms with E-state index in [1.54, 1.807) is 0 Å². The zero-order valence-corrected chi connectivity index (χ0v) is 7.98. The molecule has 0 saturated carbocycles. The third-order valence-electron chi connectivity index (χ3n) is 1.73. The van der Waals surface area contributed by atoms with E-state index in [0.29, 0.717) is 6.07 Å². The molecule has 0 aliphatic rings. The third kappa shape index (κ3) is 2.03. The molecule has 0 radical (unpaired) electrons. The number of aromatic nitrogens is 1. The van der Waals surface area contributed by atoms with Crippen LogP contribution in [0.5, 0.6) is 5.88 Å². The van der Waals surface area contributed by atoms with Crippen molar-refractivity contribution in [1.82, 2.24) is 4.98 Å². The van der Waals surface area contributed by atoms with Crippen molar-refractivity contribution in [1.29, 1.82) is 5.26 Å². The van der Waals surface area contributed by atoms with Gasteiger partial charge < -0.3 is 4.74 Å². The molecule has 1 aromatic heterocycles. The Kier molecular flexibility index (Phi) is 3.30. The molecule has 8 heteroatoms. The Bertz CT molecular complexity index is 470. The number of rotatable bonds is 3. The third-order valence-corrected chi connectivity index (χ3v) is 1.73. The van der Waals surface area contributed by atoms with Gasteiger partial charge in [-0.1, -0.05) is 0 Å². The van der Waals surface area contributed by atoms with Gasteiger partial charge in [0.2, 0.25) is 11.6 Å². The molecular formula is C8H5F2N3O3. The molecule has 6 nitrogen and oxygen atoms in total. The van der Waals surface area contributed by atoms with Gasteiger partial charge in [0.15, 0.2) is 0 Å². The van der Waals surface area contributed by atoms with E-state index in [-0.39, 0.29) is 0 Å². The van der Waals surface area contributed by atoms with Crippen LogP contribution >= 0.6 is 0 Å². The van der Waals surface area contributed by atoms with Crippen LogP contribution in [0.15, 0.2) is 6.07 Å². The monoisotopic (exact) mass is 229 g/mol. The minimum atomic E-state index is -2.96. The molecule has 0 atom stereocenters. The molecular weight excluding hydrogens is 224 g/mol. The summed E-state index contributed by atoms with van der Waals surface area (Å²) in [4.78, 5) is 12.9. The Morgan fingerprint density at radius 3 is 2.69 bits per heavy atom. The van der Waals surface area contributed by atoms with Gasteiger partial charge in [0.05, 0.1) is 17.6 Å². The van der Waals surface area contributed by atoms with Crippen LogP contribution in [0.1, 0.15) is 17.7 Å². The molecule has 0 aromatic carbocycles. The molecule has 0 amide bonds. The molecule has 1 rings (SSSR count). The minimum Gasteiger partial charge on any atom is -0.481 e. The maximum Gasteiger partial charge on any atom is 0.306 e. The molecule has 1 heterocycles. The summed E-state index contributed by atoms with van der Waals surface area (Å²) in [5.74, 6) is -0.489. The lowest BCUT2D eigenvalue weighted by molar-refractivity contribution is -0.385. The Labute approximate surface area is 88.2 Å². The second-order valence-electron chi connectivity index (χ2n) is 2.62. The number of nitro groups is 1. The molecule has 0 N–H and O–H groups in total. The van der Waals surface area contributed by atoms with E-state index in [0.717, 1.165) is 7.11 Å². The second-order valence-corrected chi connectivity index (χ2v) is 2.62. The van der Waals surface area contributed by atoms with Gasteiger partial charge >= 0.3 is 5.69 Å². The van der Waals surface area contributed by atoms with Gasteiger partial charge in [0.1, 0.15) is 6.07 Å². The number of ether oxygens (including phenoxy) is 1. The van der Waals surface area contributed by atoms with Gasteiger partial charge in [-0.3, -0.25) is 10.1 Å². The normalized spacial score (nSPS) is 9.94. The number of halogens is 2. The van der Waals surface area contributed by atoms with Gasteiger partial charge in [0.25, 0.3) is 6.43 Å². The standard InChI is InChI=1S/C8H5F2N3O3/c1-16-8-4(7(9)10)2-6(13(14)15)5(3-11)12-8/h2,7H,1H3. The molecule has 0 aliphatic heterocycles. The molecule has 0 aliphatic carbocycles. The lowest BCUT2D eigenvalue weighted by atomic mass is 10.2. The predicted molar refractivity (Wildman–Crippen MR) is 47.1 cm³/mol. The fourth-order valence-corrected chi connectivity index (χ4v) is 1.04. The first kappa shape index (κ1) is 11.8. The number of hydrogen-bond donors (Lipinski definition) is 0. The highest BCUT2D eigenvalue weighted by molar-refractivity contribution is 5.49. The van der Waals surface area contributed by atoms with E-state index < -0.39 is 34.2 Å². The van der Waals surface area contributed by atoms with Crippen LogP contribution in [-0.4, -0.2) is 17.0 Å². The van der Waals surface area contributed by atoms with Crippen LogP contribution in [0.3, 0.4) is 0 Å². The largest absolute Gasteiger partial charge is 0.481 e. The van der Waals surface area contributed by atoms with Crippen LogP contribution in [0.4, 0.5) is 14.5 Å². The quantitative estimate of drug-likeness (QED) is 0.582. The smallest absolute Gasteiger partial charge is 0.306 e. The molecule has 0 fully saturated rings. The SMILES string of the molecule is COc1nc(C#N)c([N+](=O)[O-])cc1C(F)F. The first-order chi connectivity index (χ1) is 7.51. The van der Waals surface area contributed by atoms with Gasteiger partial charge in [-0.25, -0.2) is 8.78 Å². The molecule has 0 bridgehead atoms. The van der Waals surface area contributed by atoms with Crippen molar-refractivity contribution in [2.45, 2.75) is 6.43 Å². The van der Waals surface area contributed by atoms with Gasteiger partial charge in [-0.2, -0.15) is 10.2 Å². The van der Waals surface area contributed by atoms with Gasteiger partial charge in [0, 0.05) is 6.07 Å². The van der Waals surface area contributed by atoms with Crippen LogP contribution in [0, 0.1) is 21.4 Å². The summed E-state index contributed by atoms with van der Waals surface area (Å²) in [6, 6.07) is 2.03. The average Bonchev–Trinajstić information content (AvgIpc) is 2.26. The van der Waals surface area contributed by atoms with E-state index in [2.05, 4.69) is 9.72 Å². The lowest BCUT2D eigenvalue weighted by Gasteiger charge is -2.06. The first-order valence-electron chi connectivity index (χ1n) is 3.92. The molecule has 0 unspecified atom stereocenters. The lowest BCUT2D eigenvalue weighted by Crippen LogP contribution is -2.02. The van der Waals surface area contributed by atoms with Crippen molar-refractivity contribution in [2.75, 3.05) is 7.11 Å². The van der Waals surface area contributed by atoms with Gasteiger partial charge in [-0.15, -0.1) is 0 Å². The van der Waals surface area contributed by atoms with E-state index in [9.17, 15) is 18.9 Å². The number of pyridine rings is 1. The first-order valence-corrected chi connectivity index (χ1v) is 3.92.